The number of hydrogen-bond donors (Lipinski definition) is 2. The van der Waals surface area contributed by atoms with Crippen molar-refractivity contribution in [3.8, 4) is 0 Å². The zero-order valence-corrected chi connectivity index (χ0v) is 18.9. The minimum Gasteiger partial charge on any atom is -0.366 e. The summed E-state index contributed by atoms with van der Waals surface area (Å²) in [5.74, 6) is 0.131. The zero-order valence-electron chi connectivity index (χ0n) is 17.3. The van der Waals surface area contributed by atoms with Crippen molar-refractivity contribution in [1.29, 1.82) is 0 Å². The highest BCUT2D eigenvalue weighted by Gasteiger charge is 2.47. The smallest absolute Gasteiger partial charge is 0.253 e. The van der Waals surface area contributed by atoms with Crippen LogP contribution < -0.4 is 5.32 Å². The Morgan fingerprint density at radius 2 is 2.07 bits per heavy atom. The lowest BCUT2D eigenvalue weighted by Gasteiger charge is -2.50. The second kappa shape index (κ2) is 10.3. The third-order valence-corrected chi connectivity index (χ3v) is 6.22. The van der Waals surface area contributed by atoms with Crippen LogP contribution >= 0.6 is 24.8 Å². The summed E-state index contributed by atoms with van der Waals surface area (Å²) in [5.41, 5.74) is 3.73. The fourth-order valence-corrected chi connectivity index (χ4v) is 4.66. The number of allylic oxidation sites excluding steroid dienone is 1. The summed E-state index contributed by atoms with van der Waals surface area (Å²) < 4.78 is 5.67. The Kier molecular flexibility index (Phi) is 8.55. The summed E-state index contributed by atoms with van der Waals surface area (Å²) >= 11 is 0. The van der Waals surface area contributed by atoms with Gasteiger partial charge in [-0.15, -0.1) is 24.8 Å². The van der Waals surface area contributed by atoms with Crippen molar-refractivity contribution < 1.29 is 9.53 Å². The number of carbonyl (C=O) groups is 1. The molecule has 3 aliphatic rings. The molecular weight excluding hydrogens is 413 g/mol. The number of hydrogen-bond acceptors (Lipinski definition) is 5. The Bertz CT molecular complexity index is 705. The highest BCUT2D eigenvalue weighted by molar-refractivity contribution is 5.85. The predicted molar refractivity (Wildman–Crippen MR) is 118 cm³/mol. The van der Waals surface area contributed by atoms with E-state index in [1.807, 2.05) is 11.2 Å². The minimum atomic E-state index is -0.332. The zero-order chi connectivity index (χ0) is 18.9. The Hall–Kier alpha value is -1.12. The fourth-order valence-electron chi connectivity index (χ4n) is 4.66. The number of halogens is 2. The molecule has 0 bridgehead atoms. The normalized spacial score (nSPS) is 23.5. The van der Waals surface area contributed by atoms with Crippen molar-refractivity contribution in [2.75, 3.05) is 45.9 Å². The first-order chi connectivity index (χ1) is 13.1. The first-order valence-corrected chi connectivity index (χ1v) is 10.1. The van der Waals surface area contributed by atoms with E-state index in [0.29, 0.717) is 13.2 Å². The molecule has 0 saturated carbocycles. The van der Waals surface area contributed by atoms with Crippen LogP contribution in [0.4, 0.5) is 0 Å². The summed E-state index contributed by atoms with van der Waals surface area (Å²) in [4.78, 5) is 25.4. The third-order valence-electron chi connectivity index (χ3n) is 6.22. The molecule has 1 spiro atoms. The van der Waals surface area contributed by atoms with Crippen LogP contribution in [0.2, 0.25) is 0 Å². The number of imidazole rings is 1. The molecule has 1 amide bonds. The molecule has 1 unspecified atom stereocenters. The van der Waals surface area contributed by atoms with Gasteiger partial charge in [-0.1, -0.05) is 11.6 Å². The van der Waals surface area contributed by atoms with Gasteiger partial charge in [0.2, 0.25) is 0 Å². The van der Waals surface area contributed by atoms with E-state index in [1.165, 1.54) is 17.0 Å². The van der Waals surface area contributed by atoms with Gasteiger partial charge in [-0.3, -0.25) is 9.69 Å². The predicted octanol–water partition coefficient (Wildman–Crippen LogP) is 1.88. The molecule has 2 N–H and O–H groups in total. The van der Waals surface area contributed by atoms with E-state index in [1.54, 1.807) is 0 Å². The Morgan fingerprint density at radius 1 is 1.31 bits per heavy atom. The van der Waals surface area contributed by atoms with Gasteiger partial charge in [-0.05, 0) is 26.7 Å². The molecule has 0 radical (unpaired) electrons. The van der Waals surface area contributed by atoms with Crippen molar-refractivity contribution in [1.82, 2.24) is 25.1 Å². The summed E-state index contributed by atoms with van der Waals surface area (Å²) in [6, 6.07) is 0. The fraction of sp³-hybridized carbons (Fsp3) is 0.700. The van der Waals surface area contributed by atoms with Gasteiger partial charge in [-0.25, -0.2) is 4.98 Å². The van der Waals surface area contributed by atoms with Crippen LogP contribution in [-0.4, -0.2) is 77.7 Å². The van der Waals surface area contributed by atoms with Gasteiger partial charge >= 0.3 is 0 Å². The van der Waals surface area contributed by atoms with Crippen LogP contribution in [0.5, 0.6) is 0 Å². The second-order valence-electron chi connectivity index (χ2n) is 8.13. The molecule has 3 aliphatic heterocycles. The Labute approximate surface area is 185 Å². The van der Waals surface area contributed by atoms with Crippen LogP contribution in [0.3, 0.4) is 0 Å². The number of nitrogens with zero attached hydrogens (tertiary/aromatic N) is 3. The minimum absolute atomic E-state index is 0. The van der Waals surface area contributed by atoms with Gasteiger partial charge in [0.25, 0.3) is 5.91 Å². The number of aromatic nitrogens is 2. The first kappa shape index (κ1) is 24.2. The Morgan fingerprint density at radius 3 is 2.72 bits per heavy atom. The maximum absolute atomic E-state index is 12.8. The van der Waals surface area contributed by atoms with Gasteiger partial charge in [0.1, 0.15) is 6.10 Å². The van der Waals surface area contributed by atoms with E-state index >= 15 is 0 Å². The number of H-pyrrole nitrogens is 1. The van der Waals surface area contributed by atoms with E-state index in [4.69, 9.17) is 9.72 Å². The molecule has 7 nitrogen and oxygen atoms in total. The van der Waals surface area contributed by atoms with Crippen LogP contribution in [0.15, 0.2) is 18.0 Å². The molecule has 1 aromatic rings. The summed E-state index contributed by atoms with van der Waals surface area (Å²) in [6.07, 6.45) is 6.66. The van der Waals surface area contributed by atoms with Crippen LogP contribution in [0.1, 0.15) is 38.1 Å². The standard InChI is InChI=1S/C20H31N5O2.2ClH/c1-15(2)3-8-25-9-4-16-18(23-14-22-16)20(25)5-10-24(11-6-20)19(26)17-13-21-7-12-27-17;;/h3,14,17,21H,4-13H2,1-2H3,(H,22,23);2*1H. The highest BCUT2D eigenvalue weighted by atomic mass is 35.5. The van der Waals surface area contributed by atoms with Crippen molar-refractivity contribution in [3.63, 3.8) is 0 Å². The maximum atomic E-state index is 12.8. The maximum Gasteiger partial charge on any atom is 0.253 e. The second-order valence-corrected chi connectivity index (χ2v) is 8.13. The number of nitrogens with one attached hydrogen (secondary N) is 2. The van der Waals surface area contributed by atoms with Crippen molar-refractivity contribution in [2.24, 2.45) is 0 Å². The van der Waals surface area contributed by atoms with E-state index in [0.717, 1.165) is 52.0 Å². The highest BCUT2D eigenvalue weighted by Crippen LogP contribution is 2.42. The van der Waals surface area contributed by atoms with E-state index < -0.39 is 0 Å². The van der Waals surface area contributed by atoms with Gasteiger partial charge in [-0.2, -0.15) is 0 Å². The Balaban J connectivity index is 0.00000150. The average molecular weight is 446 g/mol. The summed E-state index contributed by atoms with van der Waals surface area (Å²) in [5, 5.41) is 3.25. The molecule has 1 atom stereocenters. The van der Waals surface area contributed by atoms with Crippen LogP contribution in [0, 0.1) is 0 Å². The average Bonchev–Trinajstić information content (AvgIpc) is 3.18. The molecule has 2 fully saturated rings. The lowest BCUT2D eigenvalue weighted by molar-refractivity contribution is -0.148. The summed E-state index contributed by atoms with van der Waals surface area (Å²) in [6.45, 7) is 9.85. The SMILES string of the molecule is CC(C)=CCN1CCc2[nH]cnc2C12CCN(C(=O)C1CNCCO1)CC2.Cl.Cl. The number of amides is 1. The van der Waals surface area contributed by atoms with E-state index in [2.05, 4.69) is 35.1 Å². The number of likely N-dealkylation sites (tertiary alicyclic amines) is 1. The molecule has 1 aromatic heterocycles. The topological polar surface area (TPSA) is 73.5 Å². The number of carbonyl (C=O) groups excluding carboxylic acids is 1. The van der Waals surface area contributed by atoms with Gasteiger partial charge in [0.05, 0.1) is 24.2 Å². The molecule has 29 heavy (non-hydrogen) atoms. The van der Waals surface area contributed by atoms with Gasteiger partial charge in [0.15, 0.2) is 0 Å². The molecule has 164 valence electrons. The quantitative estimate of drug-likeness (QED) is 0.694. The van der Waals surface area contributed by atoms with Crippen LogP contribution in [-0.2, 0) is 21.5 Å². The van der Waals surface area contributed by atoms with Crippen LogP contribution in [0.25, 0.3) is 0 Å². The lowest BCUT2D eigenvalue weighted by atomic mass is 9.78. The van der Waals surface area contributed by atoms with Crippen molar-refractivity contribution in [2.45, 2.75) is 44.8 Å². The molecule has 9 heteroatoms. The molecule has 2 saturated heterocycles. The number of fused-ring (bicyclic) bond motifs is 2. The number of piperidine rings is 1. The van der Waals surface area contributed by atoms with E-state index in [9.17, 15) is 4.79 Å². The summed E-state index contributed by atoms with van der Waals surface area (Å²) in [7, 11) is 0. The van der Waals surface area contributed by atoms with E-state index in [-0.39, 0.29) is 42.4 Å². The first-order valence-electron chi connectivity index (χ1n) is 10.1. The number of morpholine rings is 1. The number of ether oxygens (including phenoxy) is 1. The monoisotopic (exact) mass is 445 g/mol. The molecular formula is C20H33Cl2N5O2. The molecule has 4 heterocycles. The molecule has 0 aliphatic carbocycles. The van der Waals surface area contributed by atoms with Crippen molar-refractivity contribution in [3.05, 3.63) is 29.4 Å². The molecule has 0 aromatic carbocycles. The largest absolute Gasteiger partial charge is 0.366 e. The lowest BCUT2D eigenvalue weighted by Crippen LogP contribution is -2.59. The van der Waals surface area contributed by atoms with Crippen molar-refractivity contribution >= 4 is 30.7 Å². The van der Waals surface area contributed by atoms with Gasteiger partial charge < -0.3 is 19.9 Å². The third kappa shape index (κ3) is 4.80. The molecule has 4 rings (SSSR count). The number of rotatable bonds is 3. The van der Waals surface area contributed by atoms with Gasteiger partial charge in [0, 0.05) is 51.4 Å². The number of aromatic amines is 1.